The van der Waals surface area contributed by atoms with Crippen LogP contribution in [0, 0.1) is 0 Å². The summed E-state index contributed by atoms with van der Waals surface area (Å²) < 4.78 is 46.5. The highest BCUT2D eigenvalue weighted by Crippen LogP contribution is 2.39. The molecule has 9 heteroatoms. The molecule has 0 atom stereocenters. The second kappa shape index (κ2) is 12.1. The van der Waals surface area contributed by atoms with Crippen molar-refractivity contribution in [2.75, 3.05) is 30.9 Å². The van der Waals surface area contributed by atoms with E-state index < -0.39 is 11.7 Å². The molecule has 34 heavy (non-hydrogen) atoms. The van der Waals surface area contributed by atoms with E-state index in [0.29, 0.717) is 16.5 Å². The van der Waals surface area contributed by atoms with Gasteiger partial charge in [-0.2, -0.15) is 13.2 Å². The minimum absolute atomic E-state index is 0.140. The van der Waals surface area contributed by atoms with Gasteiger partial charge in [-0.05, 0) is 36.8 Å². The SMILES string of the molecule is CCCCCCCCOc1ccc(Nc2nc(-c3ccc(N(C)C)nc3)cs2)cc1C(F)(F)F. The number of unbranched alkanes of at least 4 members (excludes halogenated alkanes) is 5. The summed E-state index contributed by atoms with van der Waals surface area (Å²) in [7, 11) is 3.82. The summed E-state index contributed by atoms with van der Waals surface area (Å²) in [5.74, 6) is 0.689. The van der Waals surface area contributed by atoms with Gasteiger partial charge in [0.1, 0.15) is 11.6 Å². The van der Waals surface area contributed by atoms with Crippen LogP contribution in [0.2, 0.25) is 0 Å². The predicted molar refractivity (Wildman–Crippen MR) is 133 cm³/mol. The van der Waals surface area contributed by atoms with Crippen molar-refractivity contribution in [2.45, 2.75) is 51.6 Å². The van der Waals surface area contributed by atoms with Crippen LogP contribution in [0.4, 0.5) is 29.8 Å². The summed E-state index contributed by atoms with van der Waals surface area (Å²) in [6.45, 7) is 2.42. The van der Waals surface area contributed by atoms with Crippen LogP contribution in [-0.2, 0) is 6.18 Å². The van der Waals surface area contributed by atoms with Gasteiger partial charge in [-0.1, -0.05) is 39.0 Å². The average molecular weight is 493 g/mol. The molecule has 5 nitrogen and oxygen atoms in total. The molecule has 0 radical (unpaired) electrons. The molecule has 1 N–H and O–H groups in total. The number of rotatable bonds is 12. The largest absolute Gasteiger partial charge is 0.493 e. The zero-order valence-electron chi connectivity index (χ0n) is 19.8. The Labute approximate surface area is 203 Å². The average Bonchev–Trinajstić information content (AvgIpc) is 3.27. The van der Waals surface area contributed by atoms with Crippen molar-refractivity contribution in [3.63, 3.8) is 0 Å². The Morgan fingerprint density at radius 2 is 1.79 bits per heavy atom. The molecule has 0 saturated heterocycles. The zero-order valence-corrected chi connectivity index (χ0v) is 20.6. The fourth-order valence-corrected chi connectivity index (χ4v) is 4.15. The third-order valence-corrected chi connectivity index (χ3v) is 6.06. The Bertz CT molecular complexity index is 1040. The summed E-state index contributed by atoms with van der Waals surface area (Å²) >= 11 is 1.32. The van der Waals surface area contributed by atoms with E-state index in [-0.39, 0.29) is 12.4 Å². The van der Waals surface area contributed by atoms with Gasteiger partial charge >= 0.3 is 6.18 Å². The number of halogens is 3. The molecule has 0 fully saturated rings. The molecule has 0 unspecified atom stereocenters. The van der Waals surface area contributed by atoms with Gasteiger partial charge in [0.05, 0.1) is 17.9 Å². The first kappa shape index (κ1) is 25.8. The number of alkyl halides is 3. The molecule has 1 aromatic carbocycles. The fraction of sp³-hybridized carbons (Fsp3) is 0.440. The highest BCUT2D eigenvalue weighted by atomic mass is 32.1. The number of nitrogens with zero attached hydrogens (tertiary/aromatic N) is 3. The van der Waals surface area contributed by atoms with Crippen LogP contribution < -0.4 is 15.0 Å². The first-order valence-electron chi connectivity index (χ1n) is 11.5. The molecule has 2 heterocycles. The van der Waals surface area contributed by atoms with E-state index in [0.717, 1.165) is 49.6 Å². The van der Waals surface area contributed by atoms with Crippen molar-refractivity contribution in [3.05, 3.63) is 47.5 Å². The van der Waals surface area contributed by atoms with E-state index >= 15 is 0 Å². The number of nitrogens with one attached hydrogen (secondary N) is 1. The normalized spacial score (nSPS) is 11.5. The van der Waals surface area contributed by atoms with E-state index in [1.54, 1.807) is 12.3 Å². The van der Waals surface area contributed by atoms with Crippen LogP contribution in [0.15, 0.2) is 41.9 Å². The van der Waals surface area contributed by atoms with Crippen LogP contribution in [0.5, 0.6) is 5.75 Å². The predicted octanol–water partition coefficient (Wildman–Crippen LogP) is 7.77. The second-order valence-corrected chi connectivity index (χ2v) is 9.15. The summed E-state index contributed by atoms with van der Waals surface area (Å²) in [4.78, 5) is 10.8. The number of hydrogen-bond acceptors (Lipinski definition) is 6. The van der Waals surface area contributed by atoms with Gasteiger partial charge in [0.2, 0.25) is 0 Å². The molecule has 0 amide bonds. The molecule has 184 valence electrons. The van der Waals surface area contributed by atoms with Gasteiger partial charge in [0, 0.05) is 36.9 Å². The summed E-state index contributed by atoms with van der Waals surface area (Å²) in [6.07, 6.45) is 3.50. The molecule has 0 bridgehead atoms. The van der Waals surface area contributed by atoms with Gasteiger partial charge in [0.25, 0.3) is 0 Å². The van der Waals surface area contributed by atoms with Crippen LogP contribution in [-0.4, -0.2) is 30.7 Å². The number of benzene rings is 1. The van der Waals surface area contributed by atoms with Crippen molar-refractivity contribution in [2.24, 2.45) is 0 Å². The Kier molecular flexibility index (Phi) is 9.15. The molecule has 2 aromatic heterocycles. The van der Waals surface area contributed by atoms with Crippen LogP contribution in [0.1, 0.15) is 51.0 Å². The molecule has 0 saturated carbocycles. The summed E-state index contributed by atoms with van der Waals surface area (Å²) in [5, 5.41) is 5.33. The molecular weight excluding hydrogens is 461 g/mol. The minimum Gasteiger partial charge on any atom is -0.493 e. The van der Waals surface area contributed by atoms with Crippen LogP contribution in [0.3, 0.4) is 0 Å². The number of anilines is 3. The molecule has 0 aliphatic rings. The maximum absolute atomic E-state index is 13.7. The minimum atomic E-state index is -4.51. The van der Waals surface area contributed by atoms with E-state index in [1.807, 2.05) is 36.5 Å². The van der Waals surface area contributed by atoms with E-state index in [2.05, 4.69) is 22.2 Å². The van der Waals surface area contributed by atoms with Gasteiger partial charge in [-0.25, -0.2) is 9.97 Å². The molecule has 3 aromatic rings. The lowest BCUT2D eigenvalue weighted by atomic mass is 10.1. The van der Waals surface area contributed by atoms with Crippen molar-refractivity contribution in [3.8, 4) is 17.0 Å². The third kappa shape index (κ3) is 7.35. The van der Waals surface area contributed by atoms with Gasteiger partial charge in [-0.15, -0.1) is 11.3 Å². The molecular formula is C25H31F3N4OS. The third-order valence-electron chi connectivity index (χ3n) is 5.30. The van der Waals surface area contributed by atoms with Crippen LogP contribution in [0.25, 0.3) is 11.3 Å². The van der Waals surface area contributed by atoms with Gasteiger partial charge in [-0.3, -0.25) is 0 Å². The number of pyridine rings is 1. The fourth-order valence-electron chi connectivity index (χ4n) is 3.41. The lowest BCUT2D eigenvalue weighted by Crippen LogP contribution is -2.10. The standard InChI is InChI=1S/C25H31F3N4OS/c1-4-5-6-7-8-9-14-33-22-12-11-19(15-20(22)25(26,27)28)30-24-31-21(17-34-24)18-10-13-23(29-16-18)32(2)3/h10-13,15-17H,4-9,14H2,1-3H3,(H,30,31). The van der Waals surface area contributed by atoms with Gasteiger partial charge < -0.3 is 15.0 Å². The Hall–Kier alpha value is -2.81. The molecule has 3 rings (SSSR count). The van der Waals surface area contributed by atoms with E-state index in [1.165, 1.54) is 23.8 Å². The quantitative estimate of drug-likeness (QED) is 0.262. The second-order valence-electron chi connectivity index (χ2n) is 8.29. The Morgan fingerprint density at radius 1 is 1.03 bits per heavy atom. The van der Waals surface area contributed by atoms with Crippen molar-refractivity contribution >= 4 is 28.0 Å². The highest BCUT2D eigenvalue weighted by Gasteiger charge is 2.34. The van der Waals surface area contributed by atoms with Crippen molar-refractivity contribution in [1.29, 1.82) is 0 Å². The van der Waals surface area contributed by atoms with Crippen molar-refractivity contribution < 1.29 is 17.9 Å². The first-order valence-corrected chi connectivity index (χ1v) is 12.4. The van der Waals surface area contributed by atoms with Crippen molar-refractivity contribution in [1.82, 2.24) is 9.97 Å². The Balaban J connectivity index is 1.65. The smallest absolute Gasteiger partial charge is 0.420 e. The lowest BCUT2D eigenvalue weighted by molar-refractivity contribution is -0.138. The molecule has 0 spiro atoms. The Morgan fingerprint density at radius 3 is 2.47 bits per heavy atom. The first-order chi connectivity index (χ1) is 16.3. The summed E-state index contributed by atoms with van der Waals surface area (Å²) in [6, 6.07) is 7.84. The number of ether oxygens (including phenoxy) is 1. The molecule has 0 aliphatic carbocycles. The highest BCUT2D eigenvalue weighted by molar-refractivity contribution is 7.14. The summed E-state index contributed by atoms with van der Waals surface area (Å²) in [5.41, 5.74) is 1.06. The van der Waals surface area contributed by atoms with Crippen LogP contribution >= 0.6 is 11.3 Å². The maximum Gasteiger partial charge on any atom is 0.420 e. The maximum atomic E-state index is 13.7. The number of thiazole rings is 1. The zero-order chi connectivity index (χ0) is 24.6. The topological polar surface area (TPSA) is 50.3 Å². The number of aromatic nitrogens is 2. The monoisotopic (exact) mass is 492 g/mol. The van der Waals surface area contributed by atoms with E-state index in [4.69, 9.17) is 4.74 Å². The molecule has 0 aliphatic heterocycles. The van der Waals surface area contributed by atoms with Gasteiger partial charge in [0.15, 0.2) is 5.13 Å². The lowest BCUT2D eigenvalue weighted by Gasteiger charge is -2.15. The van der Waals surface area contributed by atoms with E-state index in [9.17, 15) is 13.2 Å². The number of hydrogen-bond donors (Lipinski definition) is 1.